The molecule has 0 radical (unpaired) electrons. The summed E-state index contributed by atoms with van der Waals surface area (Å²) < 4.78 is 5.98. The van der Waals surface area contributed by atoms with Gasteiger partial charge in [0.1, 0.15) is 0 Å². The fraction of sp³-hybridized carbons (Fsp3) is 0.364. The summed E-state index contributed by atoms with van der Waals surface area (Å²) in [7, 11) is 0. The molecule has 0 aliphatic carbocycles. The second-order valence-corrected chi connectivity index (χ2v) is 4.52. The zero-order valence-electron chi connectivity index (χ0n) is 8.50. The number of aryl methyl sites for hydroxylation is 1. The first-order valence-electron chi connectivity index (χ1n) is 4.88. The van der Waals surface area contributed by atoms with Gasteiger partial charge in [0.05, 0.1) is 6.61 Å². The Kier molecular flexibility index (Phi) is 2.95. The van der Waals surface area contributed by atoms with Gasteiger partial charge in [-0.1, -0.05) is 15.9 Å². The highest BCUT2D eigenvalue weighted by molar-refractivity contribution is 9.10. The van der Waals surface area contributed by atoms with Gasteiger partial charge in [-0.15, -0.1) is 0 Å². The van der Waals surface area contributed by atoms with Gasteiger partial charge in [0, 0.05) is 16.7 Å². The molecule has 0 atom stereocenters. The molecule has 1 aliphatic heterocycles. The molecule has 1 amide bonds. The summed E-state index contributed by atoms with van der Waals surface area (Å²) >= 11 is 3.42. The third-order valence-electron chi connectivity index (χ3n) is 2.31. The van der Waals surface area contributed by atoms with E-state index in [9.17, 15) is 4.79 Å². The Morgan fingerprint density at radius 2 is 2.20 bits per heavy atom. The van der Waals surface area contributed by atoms with Crippen molar-refractivity contribution >= 4 is 27.7 Å². The molecule has 1 aromatic rings. The van der Waals surface area contributed by atoms with Gasteiger partial charge >= 0.3 is 6.09 Å². The van der Waals surface area contributed by atoms with Gasteiger partial charge in [-0.25, -0.2) is 4.79 Å². The summed E-state index contributed by atoms with van der Waals surface area (Å²) in [6.07, 6.45) is 0.635. The highest BCUT2D eigenvalue weighted by Gasteiger charge is 2.21. The van der Waals surface area contributed by atoms with Gasteiger partial charge in [0.25, 0.3) is 0 Å². The van der Waals surface area contributed by atoms with Crippen LogP contribution in [0.5, 0.6) is 0 Å². The van der Waals surface area contributed by atoms with Gasteiger partial charge in [-0.05, 0) is 37.1 Å². The van der Waals surface area contributed by atoms with E-state index in [1.165, 1.54) is 0 Å². The zero-order chi connectivity index (χ0) is 10.8. The number of benzene rings is 1. The predicted molar refractivity (Wildman–Crippen MR) is 62.2 cm³/mol. The van der Waals surface area contributed by atoms with Crippen LogP contribution >= 0.6 is 15.9 Å². The average Bonchev–Trinajstić information content (AvgIpc) is 2.16. The number of cyclic esters (lactones) is 1. The maximum absolute atomic E-state index is 11.5. The lowest BCUT2D eigenvalue weighted by atomic mass is 10.2. The summed E-state index contributed by atoms with van der Waals surface area (Å²) in [6.45, 7) is 3.26. The van der Waals surface area contributed by atoms with Crippen molar-refractivity contribution in [1.29, 1.82) is 0 Å². The van der Waals surface area contributed by atoms with Crippen molar-refractivity contribution in [2.75, 3.05) is 18.1 Å². The van der Waals surface area contributed by atoms with Crippen LogP contribution in [0.15, 0.2) is 22.7 Å². The van der Waals surface area contributed by atoms with Crippen molar-refractivity contribution in [3.05, 3.63) is 28.2 Å². The van der Waals surface area contributed by atoms with Crippen molar-refractivity contribution < 1.29 is 9.53 Å². The van der Waals surface area contributed by atoms with Gasteiger partial charge < -0.3 is 4.74 Å². The van der Waals surface area contributed by atoms with E-state index < -0.39 is 0 Å². The second-order valence-electron chi connectivity index (χ2n) is 3.61. The molecule has 1 aliphatic rings. The molecule has 0 spiro atoms. The van der Waals surface area contributed by atoms with Crippen molar-refractivity contribution in [2.24, 2.45) is 0 Å². The monoisotopic (exact) mass is 269 g/mol. The third-order valence-corrected chi connectivity index (χ3v) is 2.77. The minimum absolute atomic E-state index is 0.251. The smallest absolute Gasteiger partial charge is 0.414 e. The van der Waals surface area contributed by atoms with E-state index in [-0.39, 0.29) is 6.09 Å². The van der Waals surface area contributed by atoms with E-state index in [0.717, 1.165) is 28.7 Å². The third kappa shape index (κ3) is 2.31. The maximum atomic E-state index is 11.5. The second kappa shape index (κ2) is 4.23. The van der Waals surface area contributed by atoms with Crippen LogP contribution in [-0.2, 0) is 4.74 Å². The molecular formula is C11H12BrNO2. The number of rotatable bonds is 1. The number of anilines is 1. The van der Waals surface area contributed by atoms with Crippen LogP contribution in [0, 0.1) is 6.92 Å². The minimum atomic E-state index is -0.251. The Morgan fingerprint density at radius 1 is 1.40 bits per heavy atom. The number of carbonyl (C=O) groups is 1. The molecule has 4 heteroatoms. The molecule has 1 saturated heterocycles. The Balaban J connectivity index is 2.31. The first-order valence-corrected chi connectivity index (χ1v) is 5.67. The first-order chi connectivity index (χ1) is 7.16. The van der Waals surface area contributed by atoms with Gasteiger partial charge in [0.15, 0.2) is 0 Å². The van der Waals surface area contributed by atoms with Crippen molar-refractivity contribution in [3.63, 3.8) is 0 Å². The van der Waals surface area contributed by atoms with E-state index in [1.807, 2.05) is 25.1 Å². The summed E-state index contributed by atoms with van der Waals surface area (Å²) in [5, 5.41) is 0. The van der Waals surface area contributed by atoms with Crippen molar-refractivity contribution in [3.8, 4) is 0 Å². The summed E-state index contributed by atoms with van der Waals surface area (Å²) in [5.41, 5.74) is 2.02. The lowest BCUT2D eigenvalue weighted by Gasteiger charge is -2.26. The summed E-state index contributed by atoms with van der Waals surface area (Å²) in [4.78, 5) is 13.2. The summed E-state index contributed by atoms with van der Waals surface area (Å²) in [5.74, 6) is 0. The van der Waals surface area contributed by atoms with Crippen molar-refractivity contribution in [2.45, 2.75) is 13.3 Å². The average molecular weight is 270 g/mol. The number of halogens is 1. The van der Waals surface area contributed by atoms with Crippen LogP contribution in [-0.4, -0.2) is 19.2 Å². The molecular weight excluding hydrogens is 258 g/mol. The quantitative estimate of drug-likeness (QED) is 0.784. The molecule has 0 aromatic heterocycles. The molecule has 1 heterocycles. The standard InChI is InChI=1S/C11H12BrNO2/c1-8-5-9(12)7-10(6-8)13-3-2-4-15-11(13)14/h5-7H,2-4H2,1H3. The fourth-order valence-corrected chi connectivity index (χ4v) is 2.25. The lowest BCUT2D eigenvalue weighted by molar-refractivity contribution is 0.140. The molecule has 2 rings (SSSR count). The fourth-order valence-electron chi connectivity index (χ4n) is 1.66. The Labute approximate surface area is 97.2 Å². The molecule has 0 saturated carbocycles. The van der Waals surface area contributed by atoms with Gasteiger partial charge in [0.2, 0.25) is 0 Å². The Hall–Kier alpha value is -1.03. The largest absolute Gasteiger partial charge is 0.449 e. The number of hydrogen-bond acceptors (Lipinski definition) is 2. The molecule has 0 N–H and O–H groups in total. The Morgan fingerprint density at radius 3 is 2.87 bits per heavy atom. The lowest BCUT2D eigenvalue weighted by Crippen LogP contribution is -2.37. The zero-order valence-corrected chi connectivity index (χ0v) is 10.1. The number of carbonyl (C=O) groups excluding carboxylic acids is 1. The SMILES string of the molecule is Cc1cc(Br)cc(N2CCCOC2=O)c1. The topological polar surface area (TPSA) is 29.5 Å². The number of hydrogen-bond donors (Lipinski definition) is 0. The van der Waals surface area contributed by atoms with Crippen LogP contribution in [0.3, 0.4) is 0 Å². The number of amides is 1. The molecule has 0 bridgehead atoms. The van der Waals surface area contributed by atoms with Crippen LogP contribution < -0.4 is 4.90 Å². The molecule has 3 nitrogen and oxygen atoms in total. The van der Waals surface area contributed by atoms with E-state index in [0.29, 0.717) is 6.61 Å². The van der Waals surface area contributed by atoms with Gasteiger partial charge in [-0.2, -0.15) is 0 Å². The van der Waals surface area contributed by atoms with E-state index in [1.54, 1.807) is 4.90 Å². The normalized spacial score (nSPS) is 16.4. The predicted octanol–water partition coefficient (Wildman–Crippen LogP) is 3.10. The minimum Gasteiger partial charge on any atom is -0.449 e. The summed E-state index contributed by atoms with van der Waals surface area (Å²) in [6, 6.07) is 5.93. The van der Waals surface area contributed by atoms with Crippen LogP contribution in [0.25, 0.3) is 0 Å². The molecule has 15 heavy (non-hydrogen) atoms. The van der Waals surface area contributed by atoms with E-state index >= 15 is 0 Å². The maximum Gasteiger partial charge on any atom is 0.414 e. The van der Waals surface area contributed by atoms with Crippen LogP contribution in [0.4, 0.5) is 10.5 Å². The molecule has 80 valence electrons. The van der Waals surface area contributed by atoms with Gasteiger partial charge in [-0.3, -0.25) is 4.90 Å². The molecule has 1 aromatic carbocycles. The highest BCUT2D eigenvalue weighted by Crippen LogP contribution is 2.24. The van der Waals surface area contributed by atoms with Crippen molar-refractivity contribution in [1.82, 2.24) is 0 Å². The first kappa shape index (κ1) is 10.5. The van der Waals surface area contributed by atoms with Crippen LogP contribution in [0.2, 0.25) is 0 Å². The number of ether oxygens (including phenoxy) is 1. The molecule has 0 unspecified atom stereocenters. The number of nitrogens with zero attached hydrogens (tertiary/aromatic N) is 1. The molecule has 1 fully saturated rings. The Bertz CT molecular complexity index is 372. The van der Waals surface area contributed by atoms with E-state index in [2.05, 4.69) is 15.9 Å². The van der Waals surface area contributed by atoms with E-state index in [4.69, 9.17) is 4.74 Å². The van der Waals surface area contributed by atoms with Crippen LogP contribution in [0.1, 0.15) is 12.0 Å². The highest BCUT2D eigenvalue weighted by atomic mass is 79.9.